The van der Waals surface area contributed by atoms with Crippen LogP contribution in [-0.4, -0.2) is 32.9 Å². The molecular formula is C19H18ClN5O3. The largest absolute Gasteiger partial charge is 0.350 e. The van der Waals surface area contributed by atoms with E-state index in [0.29, 0.717) is 15.9 Å². The highest BCUT2D eigenvalue weighted by Gasteiger charge is 2.16. The van der Waals surface area contributed by atoms with Crippen LogP contribution >= 0.6 is 11.6 Å². The van der Waals surface area contributed by atoms with Crippen LogP contribution in [0.4, 0.5) is 5.69 Å². The van der Waals surface area contributed by atoms with Crippen molar-refractivity contribution in [2.75, 3.05) is 5.32 Å². The van der Waals surface area contributed by atoms with Crippen molar-refractivity contribution in [1.82, 2.24) is 20.3 Å². The van der Waals surface area contributed by atoms with Crippen LogP contribution in [0.3, 0.4) is 0 Å². The highest BCUT2D eigenvalue weighted by Crippen LogP contribution is 2.21. The molecule has 0 radical (unpaired) electrons. The van der Waals surface area contributed by atoms with Gasteiger partial charge in [-0.2, -0.15) is 0 Å². The van der Waals surface area contributed by atoms with Gasteiger partial charge in [-0.15, -0.1) is 5.10 Å². The van der Waals surface area contributed by atoms with Crippen LogP contribution in [0.2, 0.25) is 5.02 Å². The third kappa shape index (κ3) is 4.34. The first-order valence-electron chi connectivity index (χ1n) is 8.58. The van der Waals surface area contributed by atoms with Crippen LogP contribution in [0, 0.1) is 0 Å². The number of anilines is 1. The summed E-state index contributed by atoms with van der Waals surface area (Å²) >= 11 is 6.00. The van der Waals surface area contributed by atoms with E-state index in [0.717, 1.165) is 4.68 Å². The van der Waals surface area contributed by atoms with Crippen molar-refractivity contribution >= 4 is 40.0 Å². The second kappa shape index (κ2) is 8.18. The van der Waals surface area contributed by atoms with E-state index in [1.165, 1.54) is 12.1 Å². The minimum absolute atomic E-state index is 0.0711. The normalized spacial score (nSPS) is 10.9. The summed E-state index contributed by atoms with van der Waals surface area (Å²) in [5.74, 6) is -0.878. The molecule has 1 heterocycles. The molecule has 0 aliphatic heterocycles. The van der Waals surface area contributed by atoms with Gasteiger partial charge in [-0.1, -0.05) is 28.9 Å². The number of amides is 2. The summed E-state index contributed by atoms with van der Waals surface area (Å²) in [6.07, 6.45) is 0. The molecule has 8 nitrogen and oxygen atoms in total. The van der Waals surface area contributed by atoms with Gasteiger partial charge in [0.1, 0.15) is 12.1 Å². The number of halogens is 1. The Balaban J connectivity index is 1.84. The second-order valence-electron chi connectivity index (χ2n) is 6.44. The Morgan fingerprint density at radius 1 is 1.18 bits per heavy atom. The van der Waals surface area contributed by atoms with E-state index in [-0.39, 0.29) is 29.7 Å². The summed E-state index contributed by atoms with van der Waals surface area (Å²) in [6, 6.07) is 11.2. The monoisotopic (exact) mass is 399 g/mol. The van der Waals surface area contributed by atoms with Gasteiger partial charge in [0, 0.05) is 11.1 Å². The number of fused-ring (bicyclic) bond motifs is 1. The molecule has 0 bridgehead atoms. The highest BCUT2D eigenvalue weighted by molar-refractivity contribution is 6.31. The second-order valence-corrected chi connectivity index (χ2v) is 6.87. The first-order valence-corrected chi connectivity index (χ1v) is 8.96. The Kier molecular flexibility index (Phi) is 5.70. The zero-order chi connectivity index (χ0) is 20.3. The van der Waals surface area contributed by atoms with Crippen molar-refractivity contribution in [3.05, 3.63) is 63.4 Å². The van der Waals surface area contributed by atoms with E-state index in [4.69, 9.17) is 11.6 Å². The fourth-order valence-electron chi connectivity index (χ4n) is 2.61. The number of carbonyl (C=O) groups is 2. The third-order valence-electron chi connectivity index (χ3n) is 3.84. The molecule has 1 aromatic heterocycles. The summed E-state index contributed by atoms with van der Waals surface area (Å²) in [7, 11) is 0. The topological polar surface area (TPSA) is 106 Å². The Morgan fingerprint density at radius 3 is 2.68 bits per heavy atom. The van der Waals surface area contributed by atoms with Gasteiger partial charge in [-0.05, 0) is 44.2 Å². The fraction of sp³-hybridized carbons (Fsp3) is 0.211. The molecule has 144 valence electrons. The molecule has 0 aliphatic rings. The van der Waals surface area contributed by atoms with Crippen molar-refractivity contribution < 1.29 is 9.59 Å². The SMILES string of the molecule is CC(C)NC(=O)c1ccc(Cl)cc1NC(=O)Cn1nnc2ccccc2c1=O. The molecule has 0 spiro atoms. The maximum absolute atomic E-state index is 12.5. The number of nitrogens with zero attached hydrogens (tertiary/aromatic N) is 3. The van der Waals surface area contributed by atoms with Crippen LogP contribution < -0.4 is 16.2 Å². The zero-order valence-corrected chi connectivity index (χ0v) is 16.0. The van der Waals surface area contributed by atoms with Crippen molar-refractivity contribution in [3.8, 4) is 0 Å². The minimum Gasteiger partial charge on any atom is -0.350 e. The van der Waals surface area contributed by atoms with Gasteiger partial charge in [-0.25, -0.2) is 4.68 Å². The van der Waals surface area contributed by atoms with Crippen LogP contribution in [0.25, 0.3) is 10.9 Å². The number of nitrogens with one attached hydrogen (secondary N) is 2. The van der Waals surface area contributed by atoms with Crippen LogP contribution in [0.5, 0.6) is 0 Å². The quantitative estimate of drug-likeness (QED) is 0.684. The molecule has 28 heavy (non-hydrogen) atoms. The number of hydrogen-bond donors (Lipinski definition) is 2. The van der Waals surface area contributed by atoms with Gasteiger partial charge in [0.15, 0.2) is 0 Å². The average Bonchev–Trinajstić information content (AvgIpc) is 2.63. The summed E-state index contributed by atoms with van der Waals surface area (Å²) in [4.78, 5) is 37.3. The Hall–Kier alpha value is -3.26. The standard InChI is InChI=1S/C19H18ClN5O3/c1-11(2)21-18(27)13-8-7-12(20)9-16(13)22-17(26)10-25-19(28)14-5-3-4-6-15(14)23-24-25/h3-9,11H,10H2,1-2H3,(H,21,27)(H,22,26). The Morgan fingerprint density at radius 2 is 1.93 bits per heavy atom. The molecule has 0 saturated carbocycles. The predicted molar refractivity (Wildman–Crippen MR) is 106 cm³/mol. The zero-order valence-electron chi connectivity index (χ0n) is 15.3. The minimum atomic E-state index is -0.535. The average molecular weight is 400 g/mol. The van der Waals surface area contributed by atoms with Gasteiger partial charge in [0.05, 0.1) is 16.6 Å². The molecule has 3 rings (SSSR count). The first-order chi connectivity index (χ1) is 13.3. The van der Waals surface area contributed by atoms with Crippen molar-refractivity contribution in [1.29, 1.82) is 0 Å². The number of hydrogen-bond acceptors (Lipinski definition) is 5. The molecule has 0 aliphatic carbocycles. The van der Waals surface area contributed by atoms with E-state index in [9.17, 15) is 14.4 Å². The van der Waals surface area contributed by atoms with Gasteiger partial charge in [-0.3, -0.25) is 14.4 Å². The molecule has 0 unspecified atom stereocenters. The van der Waals surface area contributed by atoms with Crippen molar-refractivity contribution in [3.63, 3.8) is 0 Å². The van der Waals surface area contributed by atoms with Crippen molar-refractivity contribution in [2.45, 2.75) is 26.4 Å². The number of aromatic nitrogens is 3. The smallest absolute Gasteiger partial charge is 0.278 e. The summed E-state index contributed by atoms with van der Waals surface area (Å²) < 4.78 is 0.968. The van der Waals surface area contributed by atoms with E-state index in [1.54, 1.807) is 30.3 Å². The third-order valence-corrected chi connectivity index (χ3v) is 4.08. The van der Waals surface area contributed by atoms with Gasteiger partial charge in [0.2, 0.25) is 5.91 Å². The van der Waals surface area contributed by atoms with Crippen LogP contribution in [0.15, 0.2) is 47.3 Å². The summed E-state index contributed by atoms with van der Waals surface area (Å²) in [5.41, 5.74) is 0.539. The first kappa shape index (κ1) is 19.5. The van der Waals surface area contributed by atoms with E-state index in [1.807, 2.05) is 13.8 Å². The highest BCUT2D eigenvalue weighted by atomic mass is 35.5. The van der Waals surface area contributed by atoms with Crippen LogP contribution in [0.1, 0.15) is 24.2 Å². The van der Waals surface area contributed by atoms with Gasteiger partial charge in [0.25, 0.3) is 11.5 Å². The maximum atomic E-state index is 12.5. The molecule has 2 N–H and O–H groups in total. The predicted octanol–water partition coefficient (Wildman–Crippen LogP) is 2.22. The maximum Gasteiger partial charge on any atom is 0.278 e. The fourth-order valence-corrected chi connectivity index (χ4v) is 2.78. The van der Waals surface area contributed by atoms with Gasteiger partial charge >= 0.3 is 0 Å². The lowest BCUT2D eigenvalue weighted by molar-refractivity contribution is -0.117. The lowest BCUT2D eigenvalue weighted by Crippen LogP contribution is -2.32. The lowest BCUT2D eigenvalue weighted by Gasteiger charge is -2.14. The molecule has 2 aromatic carbocycles. The molecule has 3 aromatic rings. The number of carbonyl (C=O) groups excluding carboxylic acids is 2. The van der Waals surface area contributed by atoms with E-state index in [2.05, 4.69) is 20.9 Å². The van der Waals surface area contributed by atoms with Gasteiger partial charge < -0.3 is 10.6 Å². The molecule has 9 heteroatoms. The molecule has 2 amide bonds. The van der Waals surface area contributed by atoms with Crippen molar-refractivity contribution in [2.24, 2.45) is 0 Å². The summed E-state index contributed by atoms with van der Waals surface area (Å²) in [5, 5.41) is 13.8. The van der Waals surface area contributed by atoms with E-state index >= 15 is 0 Å². The van der Waals surface area contributed by atoms with Crippen LogP contribution in [-0.2, 0) is 11.3 Å². The Labute approximate surface area is 165 Å². The number of benzene rings is 2. The molecular weight excluding hydrogens is 382 g/mol. The lowest BCUT2D eigenvalue weighted by atomic mass is 10.1. The molecule has 0 saturated heterocycles. The molecule has 0 fully saturated rings. The summed E-state index contributed by atoms with van der Waals surface area (Å²) in [6.45, 7) is 3.31. The molecule has 0 atom stereocenters. The number of rotatable bonds is 5. The Bertz CT molecular complexity index is 1110. The van der Waals surface area contributed by atoms with E-state index < -0.39 is 11.5 Å².